The number of ether oxygens (including phenoxy) is 2. The minimum Gasteiger partial charge on any atom is -0.493 e. The molecule has 23 heavy (non-hydrogen) atoms. The number of rotatable bonds is 5. The molecule has 0 aliphatic carbocycles. The molecule has 2 aromatic rings. The highest BCUT2D eigenvalue weighted by Crippen LogP contribution is 2.31. The number of carbonyl (C=O) groups is 1. The van der Waals surface area contributed by atoms with E-state index in [0.29, 0.717) is 11.5 Å². The summed E-state index contributed by atoms with van der Waals surface area (Å²) in [6.07, 6.45) is 0.855. The van der Waals surface area contributed by atoms with Crippen LogP contribution in [0.2, 0.25) is 0 Å². The van der Waals surface area contributed by atoms with Gasteiger partial charge in [0.25, 0.3) is 0 Å². The second-order valence-electron chi connectivity index (χ2n) is 5.48. The van der Waals surface area contributed by atoms with Gasteiger partial charge in [-0.1, -0.05) is 0 Å². The van der Waals surface area contributed by atoms with Crippen LogP contribution in [0.3, 0.4) is 0 Å². The van der Waals surface area contributed by atoms with Gasteiger partial charge in [-0.25, -0.2) is 4.79 Å². The van der Waals surface area contributed by atoms with Crippen LogP contribution < -0.4 is 9.47 Å². The summed E-state index contributed by atoms with van der Waals surface area (Å²) in [4.78, 5) is 14.8. The van der Waals surface area contributed by atoms with Crippen LogP contribution in [-0.2, 0) is 13.0 Å². The lowest BCUT2D eigenvalue weighted by atomic mass is 10.1. The summed E-state index contributed by atoms with van der Waals surface area (Å²) in [6.45, 7) is 3.75. The molecule has 0 bridgehead atoms. The monoisotopic (exact) mass is 333 g/mol. The molecule has 1 N–H and O–H groups in total. The first-order valence-electron chi connectivity index (χ1n) is 7.45. The third-order valence-electron chi connectivity index (χ3n) is 4.06. The molecule has 3 rings (SSSR count). The van der Waals surface area contributed by atoms with E-state index in [0.717, 1.165) is 19.5 Å². The summed E-state index contributed by atoms with van der Waals surface area (Å²) < 4.78 is 11.3. The van der Waals surface area contributed by atoms with Gasteiger partial charge in [0.05, 0.1) is 12.7 Å². The van der Waals surface area contributed by atoms with Crippen LogP contribution >= 0.6 is 11.3 Å². The molecule has 0 radical (unpaired) electrons. The summed E-state index contributed by atoms with van der Waals surface area (Å²) >= 11 is 1.80. The number of methoxy groups -OCH3 is 1. The lowest BCUT2D eigenvalue weighted by Gasteiger charge is -2.32. The van der Waals surface area contributed by atoms with Crippen LogP contribution in [0.1, 0.15) is 27.7 Å². The second-order valence-corrected chi connectivity index (χ2v) is 6.48. The van der Waals surface area contributed by atoms with Crippen molar-refractivity contribution in [2.45, 2.75) is 26.1 Å². The molecule has 1 aromatic carbocycles. The quantitative estimate of drug-likeness (QED) is 0.910. The molecular formula is C17H19NO4S. The summed E-state index contributed by atoms with van der Waals surface area (Å²) in [5.74, 6) is 0.0112. The van der Waals surface area contributed by atoms with Crippen molar-refractivity contribution in [3.05, 3.63) is 45.6 Å². The van der Waals surface area contributed by atoms with E-state index < -0.39 is 5.97 Å². The lowest BCUT2D eigenvalue weighted by Crippen LogP contribution is -2.40. The smallest absolute Gasteiger partial charge is 0.335 e. The number of aromatic carboxylic acids is 1. The first-order chi connectivity index (χ1) is 11.1. The van der Waals surface area contributed by atoms with Gasteiger partial charge in [0.1, 0.15) is 6.23 Å². The van der Waals surface area contributed by atoms with Gasteiger partial charge in [0.2, 0.25) is 0 Å². The molecule has 0 saturated carbocycles. The fourth-order valence-electron chi connectivity index (χ4n) is 2.74. The topological polar surface area (TPSA) is 59.0 Å². The SMILES string of the molecule is COc1ccc(C(=O)O)cc1OC(C)N1CCc2sccc2C1. The van der Waals surface area contributed by atoms with E-state index in [-0.39, 0.29) is 11.8 Å². The zero-order chi connectivity index (χ0) is 16.4. The van der Waals surface area contributed by atoms with E-state index in [1.54, 1.807) is 24.5 Å². The zero-order valence-electron chi connectivity index (χ0n) is 13.1. The number of carboxylic acid groups (broad SMARTS) is 1. The van der Waals surface area contributed by atoms with Crippen LogP contribution in [0.5, 0.6) is 11.5 Å². The van der Waals surface area contributed by atoms with Crippen LogP contribution in [-0.4, -0.2) is 35.9 Å². The van der Waals surface area contributed by atoms with E-state index >= 15 is 0 Å². The van der Waals surface area contributed by atoms with Crippen molar-refractivity contribution in [1.29, 1.82) is 0 Å². The molecule has 1 aliphatic rings. The Kier molecular flexibility index (Phi) is 4.54. The predicted octanol–water partition coefficient (Wildman–Crippen LogP) is 3.24. The van der Waals surface area contributed by atoms with Gasteiger partial charge in [0.15, 0.2) is 11.5 Å². The van der Waals surface area contributed by atoms with Crippen molar-refractivity contribution in [2.75, 3.05) is 13.7 Å². The van der Waals surface area contributed by atoms with Crippen molar-refractivity contribution in [1.82, 2.24) is 4.90 Å². The highest BCUT2D eigenvalue weighted by atomic mass is 32.1. The Morgan fingerprint density at radius 1 is 1.35 bits per heavy atom. The van der Waals surface area contributed by atoms with E-state index in [4.69, 9.17) is 14.6 Å². The number of nitrogens with zero attached hydrogens (tertiary/aromatic N) is 1. The van der Waals surface area contributed by atoms with Crippen molar-refractivity contribution < 1.29 is 19.4 Å². The molecule has 0 amide bonds. The summed E-state index contributed by atoms with van der Waals surface area (Å²) in [5.41, 5.74) is 1.54. The fourth-order valence-corrected chi connectivity index (χ4v) is 3.63. The first-order valence-corrected chi connectivity index (χ1v) is 8.33. The summed E-state index contributed by atoms with van der Waals surface area (Å²) in [6, 6.07) is 6.80. The third-order valence-corrected chi connectivity index (χ3v) is 5.08. The Hall–Kier alpha value is -2.05. The van der Waals surface area contributed by atoms with Crippen LogP contribution in [0.4, 0.5) is 0 Å². The number of hydrogen-bond acceptors (Lipinski definition) is 5. The van der Waals surface area contributed by atoms with Crippen LogP contribution in [0.25, 0.3) is 0 Å². The maximum absolute atomic E-state index is 11.1. The Labute approximate surface area is 139 Å². The highest BCUT2D eigenvalue weighted by molar-refractivity contribution is 7.10. The zero-order valence-corrected chi connectivity index (χ0v) is 13.9. The summed E-state index contributed by atoms with van der Waals surface area (Å²) in [5, 5.41) is 11.3. The molecule has 0 spiro atoms. The molecule has 0 fully saturated rings. The van der Waals surface area contributed by atoms with Gasteiger partial charge in [-0.3, -0.25) is 4.90 Å². The van der Waals surface area contributed by atoms with Crippen molar-refractivity contribution in [3.8, 4) is 11.5 Å². The van der Waals surface area contributed by atoms with Crippen molar-refractivity contribution >= 4 is 17.3 Å². The van der Waals surface area contributed by atoms with Gasteiger partial charge in [0, 0.05) is 18.0 Å². The van der Waals surface area contributed by atoms with Crippen LogP contribution in [0, 0.1) is 0 Å². The number of fused-ring (bicyclic) bond motifs is 1. The fraction of sp³-hybridized carbons (Fsp3) is 0.353. The van der Waals surface area contributed by atoms with Gasteiger partial charge < -0.3 is 14.6 Å². The molecule has 1 aromatic heterocycles. The van der Waals surface area contributed by atoms with Gasteiger partial charge in [-0.2, -0.15) is 0 Å². The molecule has 122 valence electrons. The van der Waals surface area contributed by atoms with E-state index in [2.05, 4.69) is 16.3 Å². The van der Waals surface area contributed by atoms with Gasteiger partial charge in [-0.05, 0) is 48.6 Å². The number of benzene rings is 1. The largest absolute Gasteiger partial charge is 0.493 e. The Morgan fingerprint density at radius 3 is 2.91 bits per heavy atom. The molecule has 1 unspecified atom stereocenters. The standard InChI is InChI=1S/C17H19NO4S/c1-11(18-7-5-16-13(10-18)6-8-23-16)22-15-9-12(17(19)20)3-4-14(15)21-2/h3-4,6,8-9,11H,5,7,10H2,1-2H3,(H,19,20). The molecule has 2 heterocycles. The van der Waals surface area contributed by atoms with Crippen LogP contribution in [0.15, 0.2) is 29.6 Å². The third kappa shape index (κ3) is 3.33. The predicted molar refractivity (Wildman–Crippen MR) is 88.5 cm³/mol. The normalized spacial score (nSPS) is 15.7. The van der Waals surface area contributed by atoms with Crippen molar-refractivity contribution in [3.63, 3.8) is 0 Å². The average Bonchev–Trinajstić information content (AvgIpc) is 3.02. The van der Waals surface area contributed by atoms with E-state index in [1.165, 1.54) is 22.6 Å². The molecule has 1 atom stereocenters. The molecule has 1 aliphatic heterocycles. The molecule has 0 saturated heterocycles. The average molecular weight is 333 g/mol. The van der Waals surface area contributed by atoms with Gasteiger partial charge >= 0.3 is 5.97 Å². The summed E-state index contributed by atoms with van der Waals surface area (Å²) in [7, 11) is 1.55. The van der Waals surface area contributed by atoms with E-state index in [9.17, 15) is 4.79 Å². The molecular weight excluding hydrogens is 314 g/mol. The minimum absolute atomic E-state index is 0.166. The molecule has 6 heteroatoms. The maximum Gasteiger partial charge on any atom is 0.335 e. The Balaban J connectivity index is 1.76. The number of hydrogen-bond donors (Lipinski definition) is 1. The minimum atomic E-state index is -0.981. The van der Waals surface area contributed by atoms with Crippen molar-refractivity contribution in [2.24, 2.45) is 0 Å². The lowest BCUT2D eigenvalue weighted by molar-refractivity contribution is 0.0279. The molecule has 5 nitrogen and oxygen atoms in total. The maximum atomic E-state index is 11.1. The van der Waals surface area contributed by atoms with E-state index in [1.807, 2.05) is 6.92 Å². The van der Waals surface area contributed by atoms with Gasteiger partial charge in [-0.15, -0.1) is 11.3 Å². The Bertz CT molecular complexity index is 712. The number of thiophene rings is 1. The second kappa shape index (κ2) is 6.60. The number of carboxylic acids is 1. The highest BCUT2D eigenvalue weighted by Gasteiger charge is 2.23. The Morgan fingerprint density at radius 2 is 2.17 bits per heavy atom. The first kappa shape index (κ1) is 15.8.